The number of anilines is 1. The van der Waals surface area contributed by atoms with E-state index in [0.29, 0.717) is 11.3 Å². The first-order chi connectivity index (χ1) is 19.2. The van der Waals surface area contributed by atoms with Crippen LogP contribution in [0.15, 0.2) is 59.7 Å². The number of nitrogens with one attached hydrogen (secondary N) is 3. The van der Waals surface area contributed by atoms with Gasteiger partial charge in [-0.1, -0.05) is 0 Å². The van der Waals surface area contributed by atoms with Crippen molar-refractivity contribution in [1.82, 2.24) is 24.7 Å². The van der Waals surface area contributed by atoms with E-state index in [9.17, 15) is 9.59 Å². The molecule has 5 N–H and O–H groups in total. The van der Waals surface area contributed by atoms with Gasteiger partial charge in [0.2, 0.25) is 0 Å². The highest BCUT2D eigenvalue weighted by molar-refractivity contribution is 5.95. The summed E-state index contributed by atoms with van der Waals surface area (Å²) in [5.74, 6) is -1.21. The average Bonchev–Trinajstić information content (AvgIpc) is 3.33. The van der Waals surface area contributed by atoms with Crippen LogP contribution in [0.5, 0.6) is 11.5 Å². The first-order valence-electron chi connectivity index (χ1n) is 12.0. The van der Waals surface area contributed by atoms with E-state index in [1.54, 1.807) is 37.3 Å². The van der Waals surface area contributed by atoms with E-state index in [2.05, 4.69) is 25.4 Å². The maximum absolute atomic E-state index is 16.1. The van der Waals surface area contributed by atoms with Crippen molar-refractivity contribution in [3.63, 3.8) is 0 Å². The minimum absolute atomic E-state index is 0.0222. The number of aromatic amines is 1. The molecule has 2 aromatic heterocycles. The van der Waals surface area contributed by atoms with Gasteiger partial charge in [-0.05, 0) is 43.3 Å². The zero-order valence-corrected chi connectivity index (χ0v) is 21.8. The molecule has 0 saturated carbocycles. The van der Waals surface area contributed by atoms with Gasteiger partial charge in [-0.15, -0.1) is 9.78 Å². The van der Waals surface area contributed by atoms with Gasteiger partial charge in [-0.2, -0.15) is 0 Å². The number of amidine groups is 1. The lowest BCUT2D eigenvalue weighted by Crippen LogP contribution is -2.22. The van der Waals surface area contributed by atoms with Crippen molar-refractivity contribution in [3.8, 4) is 17.4 Å². The maximum Gasteiger partial charge on any atom is 0.350 e. The lowest BCUT2D eigenvalue weighted by molar-refractivity contribution is -0.143. The van der Waals surface area contributed by atoms with Gasteiger partial charge < -0.3 is 25.3 Å². The Bertz CT molecular complexity index is 1560. The topological polar surface area (TPSA) is 183 Å². The molecule has 0 aliphatic rings. The number of H-pyrrole nitrogens is 1. The smallest absolute Gasteiger partial charge is 0.350 e. The minimum atomic E-state index is -1.07. The number of benzene rings is 2. The molecule has 4 aromatic rings. The number of halogens is 1. The van der Waals surface area contributed by atoms with Crippen LogP contribution < -0.4 is 26.2 Å². The molecule has 2 atom stereocenters. The fourth-order valence-electron chi connectivity index (χ4n) is 3.71. The lowest BCUT2D eigenvalue weighted by atomic mass is 10.0. The molecule has 0 spiro atoms. The van der Waals surface area contributed by atoms with Gasteiger partial charge in [0.15, 0.2) is 17.4 Å². The molecule has 0 radical (unpaired) electrons. The zero-order chi connectivity index (χ0) is 28.8. The summed E-state index contributed by atoms with van der Waals surface area (Å²) in [6, 6.07) is 9.86. The molecule has 208 valence electrons. The highest BCUT2D eigenvalue weighted by Gasteiger charge is 2.27. The van der Waals surface area contributed by atoms with Gasteiger partial charge in [-0.3, -0.25) is 15.2 Å². The summed E-state index contributed by atoms with van der Waals surface area (Å²) in [7, 11) is 1.41. The largest absolute Gasteiger partial charge is 0.497 e. The summed E-state index contributed by atoms with van der Waals surface area (Å²) in [4.78, 5) is 34.7. The standard InChI is InChI=1S/C26H27FN8O5/c1-14(13-39-15(2)36)40-20-12-18(38-3)11-19(21(20)27)22(32-17-7-5-16(6-8-17)23(28)29)24-33-26(37)35(34-24)25-30-9-4-10-31-25/h4-12,14,22,32H,13H2,1-3H3,(H3,28,29)(H,33,34,37)/t14-,22-/m0/s1. The number of ether oxygens (including phenoxy) is 3. The van der Waals surface area contributed by atoms with Crippen molar-refractivity contribution in [3.05, 3.63) is 88.1 Å². The molecule has 0 bridgehead atoms. The lowest BCUT2D eigenvalue weighted by Gasteiger charge is -2.22. The molecule has 0 amide bonds. The summed E-state index contributed by atoms with van der Waals surface area (Å²) >= 11 is 0. The molecule has 2 aromatic carbocycles. The monoisotopic (exact) mass is 550 g/mol. The molecule has 0 unspecified atom stereocenters. The Hall–Kier alpha value is -5.27. The number of nitrogens with two attached hydrogens (primary N) is 1. The van der Waals surface area contributed by atoms with Crippen molar-refractivity contribution in [2.45, 2.75) is 26.0 Å². The van der Waals surface area contributed by atoms with Crippen LogP contribution in [0.1, 0.15) is 36.8 Å². The summed E-state index contributed by atoms with van der Waals surface area (Å²) in [6.07, 6.45) is 2.23. The van der Waals surface area contributed by atoms with Crippen LogP contribution in [-0.4, -0.2) is 56.4 Å². The second kappa shape index (κ2) is 12.1. The summed E-state index contributed by atoms with van der Waals surface area (Å²) in [6.45, 7) is 2.78. The fourth-order valence-corrected chi connectivity index (χ4v) is 3.71. The molecule has 0 saturated heterocycles. The Balaban J connectivity index is 1.80. The molecule has 0 aliphatic carbocycles. The van der Waals surface area contributed by atoms with E-state index >= 15 is 4.39 Å². The summed E-state index contributed by atoms with van der Waals surface area (Å²) < 4.78 is 33.1. The molecule has 0 fully saturated rings. The second-order valence-corrected chi connectivity index (χ2v) is 8.60. The number of methoxy groups -OCH3 is 1. The number of aromatic nitrogens is 5. The number of hydrogen-bond donors (Lipinski definition) is 4. The van der Waals surface area contributed by atoms with E-state index in [1.165, 1.54) is 38.6 Å². The maximum atomic E-state index is 16.1. The van der Waals surface area contributed by atoms with Crippen molar-refractivity contribution in [2.75, 3.05) is 19.0 Å². The number of carbonyl (C=O) groups is 1. The number of rotatable bonds is 11. The Morgan fingerprint density at radius 3 is 2.55 bits per heavy atom. The predicted octanol–water partition coefficient (Wildman–Crippen LogP) is 2.31. The minimum Gasteiger partial charge on any atom is -0.497 e. The molecule has 4 rings (SSSR count). The van der Waals surface area contributed by atoms with Gasteiger partial charge in [0.05, 0.1) is 7.11 Å². The second-order valence-electron chi connectivity index (χ2n) is 8.60. The molecule has 14 heteroatoms. The van der Waals surface area contributed by atoms with Crippen molar-refractivity contribution >= 4 is 17.5 Å². The van der Waals surface area contributed by atoms with Gasteiger partial charge in [0, 0.05) is 42.2 Å². The molecular weight excluding hydrogens is 523 g/mol. The molecular formula is C26H27FN8O5. The molecule has 2 heterocycles. The van der Waals surface area contributed by atoms with Gasteiger partial charge in [-0.25, -0.2) is 19.2 Å². The fraction of sp³-hybridized carbons (Fsp3) is 0.231. The first kappa shape index (κ1) is 27.8. The van der Waals surface area contributed by atoms with E-state index in [4.69, 9.17) is 25.4 Å². The van der Waals surface area contributed by atoms with E-state index in [-0.39, 0.29) is 41.3 Å². The Kier molecular flexibility index (Phi) is 8.37. The third-order valence-corrected chi connectivity index (χ3v) is 5.59. The van der Waals surface area contributed by atoms with Crippen LogP contribution >= 0.6 is 0 Å². The van der Waals surface area contributed by atoms with Crippen LogP contribution in [0, 0.1) is 11.2 Å². The van der Waals surface area contributed by atoms with Crippen LogP contribution in [0.25, 0.3) is 5.95 Å². The van der Waals surface area contributed by atoms with Crippen LogP contribution in [0.2, 0.25) is 0 Å². The van der Waals surface area contributed by atoms with Crippen molar-refractivity contribution < 1.29 is 23.4 Å². The highest BCUT2D eigenvalue weighted by Crippen LogP contribution is 2.35. The highest BCUT2D eigenvalue weighted by atomic mass is 19.1. The number of esters is 1. The normalized spacial score (nSPS) is 12.3. The molecule has 0 aliphatic heterocycles. The Morgan fingerprint density at radius 2 is 1.93 bits per heavy atom. The van der Waals surface area contributed by atoms with E-state index < -0.39 is 29.6 Å². The summed E-state index contributed by atoms with van der Waals surface area (Å²) in [5.41, 5.74) is 5.95. The number of nitrogen functional groups attached to an aromatic ring is 1. The van der Waals surface area contributed by atoms with Gasteiger partial charge in [0.1, 0.15) is 30.3 Å². The van der Waals surface area contributed by atoms with Gasteiger partial charge >= 0.3 is 11.7 Å². The third-order valence-electron chi connectivity index (χ3n) is 5.59. The predicted molar refractivity (Wildman–Crippen MR) is 142 cm³/mol. The number of carbonyl (C=O) groups excluding carboxylic acids is 1. The number of hydrogen-bond acceptors (Lipinski definition) is 10. The van der Waals surface area contributed by atoms with Crippen LogP contribution in [-0.2, 0) is 9.53 Å². The molecule has 40 heavy (non-hydrogen) atoms. The Labute approximate surface area is 227 Å². The van der Waals surface area contributed by atoms with Crippen LogP contribution in [0.4, 0.5) is 10.1 Å². The Morgan fingerprint density at radius 1 is 1.23 bits per heavy atom. The number of nitrogens with zero attached hydrogens (tertiary/aromatic N) is 4. The summed E-state index contributed by atoms with van der Waals surface area (Å²) in [5, 5.41) is 15.1. The van der Waals surface area contributed by atoms with Crippen LogP contribution in [0.3, 0.4) is 0 Å². The zero-order valence-electron chi connectivity index (χ0n) is 21.8. The average molecular weight is 551 g/mol. The quantitative estimate of drug-likeness (QED) is 0.123. The van der Waals surface area contributed by atoms with Gasteiger partial charge in [0.25, 0.3) is 5.95 Å². The van der Waals surface area contributed by atoms with Crippen molar-refractivity contribution in [1.29, 1.82) is 5.41 Å². The van der Waals surface area contributed by atoms with Crippen molar-refractivity contribution in [2.24, 2.45) is 5.73 Å². The first-order valence-corrected chi connectivity index (χ1v) is 12.0. The van der Waals surface area contributed by atoms with E-state index in [1.807, 2.05) is 0 Å². The molecule has 13 nitrogen and oxygen atoms in total. The third kappa shape index (κ3) is 6.40. The van der Waals surface area contributed by atoms with E-state index in [0.717, 1.165) is 4.68 Å². The SMILES string of the molecule is COc1cc(O[C@@H](C)COC(C)=O)c(F)c([C@H](Nc2ccc(C(=N)N)cc2)c2nn(-c3ncccn3)c(=O)[nH]2)c1.